The van der Waals surface area contributed by atoms with Crippen LogP contribution in [0.2, 0.25) is 0 Å². The smallest absolute Gasteiger partial charge is 0.291 e. The minimum Gasteiger partial charge on any atom is -0.399 e. The number of benzene rings is 1. The molecule has 9 heteroatoms. The van der Waals surface area contributed by atoms with E-state index in [1.165, 1.54) is 6.07 Å². The standard InChI is InChI=1S/C11H17N3O5S/c1-2-5-13(6-7-15)20(18,19)11-4-3-9(12)8-10(11)14(16)17/h3-4,8,15H,2,5-7,12H2,1H3. The topological polar surface area (TPSA) is 127 Å². The second-order valence-electron chi connectivity index (χ2n) is 4.11. The maximum Gasteiger partial charge on any atom is 0.291 e. The van der Waals surface area contributed by atoms with Crippen molar-refractivity contribution in [2.24, 2.45) is 0 Å². The lowest BCUT2D eigenvalue weighted by atomic mass is 10.3. The van der Waals surface area contributed by atoms with Gasteiger partial charge in [-0.25, -0.2) is 8.42 Å². The lowest BCUT2D eigenvalue weighted by molar-refractivity contribution is -0.387. The number of nitro benzene ring substituents is 1. The molecule has 0 amide bonds. The fraction of sp³-hybridized carbons (Fsp3) is 0.455. The van der Waals surface area contributed by atoms with Crippen molar-refractivity contribution < 1.29 is 18.4 Å². The highest BCUT2D eigenvalue weighted by Gasteiger charge is 2.31. The molecular weight excluding hydrogens is 286 g/mol. The first-order chi connectivity index (χ1) is 9.34. The van der Waals surface area contributed by atoms with Gasteiger partial charge in [-0.3, -0.25) is 10.1 Å². The van der Waals surface area contributed by atoms with Crippen LogP contribution in [0.25, 0.3) is 0 Å². The zero-order chi connectivity index (χ0) is 15.3. The second kappa shape index (κ2) is 6.64. The fourth-order valence-corrected chi connectivity index (χ4v) is 3.41. The lowest BCUT2D eigenvalue weighted by Crippen LogP contribution is -2.34. The van der Waals surface area contributed by atoms with Crippen LogP contribution in [0.4, 0.5) is 11.4 Å². The van der Waals surface area contributed by atoms with Crippen molar-refractivity contribution in [2.75, 3.05) is 25.4 Å². The minimum absolute atomic E-state index is 0.111. The molecule has 0 saturated carbocycles. The van der Waals surface area contributed by atoms with Crippen molar-refractivity contribution in [2.45, 2.75) is 18.2 Å². The van der Waals surface area contributed by atoms with E-state index in [9.17, 15) is 18.5 Å². The molecule has 1 aromatic rings. The van der Waals surface area contributed by atoms with Gasteiger partial charge in [0, 0.05) is 24.8 Å². The van der Waals surface area contributed by atoms with Gasteiger partial charge >= 0.3 is 0 Å². The Kier molecular flexibility index (Phi) is 5.43. The Labute approximate surface area is 117 Å². The zero-order valence-corrected chi connectivity index (χ0v) is 11.8. The number of nitrogens with zero attached hydrogens (tertiary/aromatic N) is 2. The van der Waals surface area contributed by atoms with Gasteiger partial charge in [-0.15, -0.1) is 0 Å². The van der Waals surface area contributed by atoms with Gasteiger partial charge in [0.15, 0.2) is 4.90 Å². The molecule has 0 fully saturated rings. The molecule has 20 heavy (non-hydrogen) atoms. The Morgan fingerprint density at radius 3 is 2.55 bits per heavy atom. The summed E-state index contributed by atoms with van der Waals surface area (Å²) in [7, 11) is -4.04. The van der Waals surface area contributed by atoms with Crippen LogP contribution in [0, 0.1) is 10.1 Å². The Morgan fingerprint density at radius 1 is 1.40 bits per heavy atom. The summed E-state index contributed by atoms with van der Waals surface area (Å²) >= 11 is 0. The molecule has 1 aromatic carbocycles. The van der Waals surface area contributed by atoms with Crippen molar-refractivity contribution in [1.82, 2.24) is 4.31 Å². The van der Waals surface area contributed by atoms with Gasteiger partial charge in [0.1, 0.15) is 0 Å². The summed E-state index contributed by atoms with van der Waals surface area (Å²) in [6.07, 6.45) is 0.530. The molecule has 3 N–H and O–H groups in total. The molecule has 0 aliphatic carbocycles. The van der Waals surface area contributed by atoms with Gasteiger partial charge < -0.3 is 10.8 Å². The molecule has 0 atom stereocenters. The highest BCUT2D eigenvalue weighted by molar-refractivity contribution is 7.89. The van der Waals surface area contributed by atoms with Crippen LogP contribution >= 0.6 is 0 Å². The molecule has 0 spiro atoms. The monoisotopic (exact) mass is 303 g/mol. The molecule has 0 heterocycles. The second-order valence-corrected chi connectivity index (χ2v) is 6.02. The van der Waals surface area contributed by atoms with E-state index in [-0.39, 0.29) is 25.4 Å². The number of nitrogens with two attached hydrogens (primary N) is 1. The SMILES string of the molecule is CCCN(CCO)S(=O)(=O)c1ccc(N)cc1[N+](=O)[O-]. The Bertz CT molecular complexity index is 582. The molecule has 0 aliphatic heterocycles. The first kappa shape index (κ1) is 16.3. The van der Waals surface area contributed by atoms with Gasteiger partial charge in [-0.05, 0) is 18.6 Å². The quantitative estimate of drug-likeness (QED) is 0.430. The number of nitro groups is 1. The van der Waals surface area contributed by atoms with Crippen molar-refractivity contribution in [3.63, 3.8) is 0 Å². The van der Waals surface area contributed by atoms with E-state index >= 15 is 0 Å². The molecule has 0 radical (unpaired) electrons. The number of sulfonamides is 1. The number of hydrogen-bond acceptors (Lipinski definition) is 6. The number of anilines is 1. The fourth-order valence-electron chi connectivity index (χ4n) is 1.75. The first-order valence-corrected chi connectivity index (χ1v) is 7.43. The molecule has 1 rings (SSSR count). The average molecular weight is 303 g/mol. The first-order valence-electron chi connectivity index (χ1n) is 5.99. The summed E-state index contributed by atoms with van der Waals surface area (Å²) in [4.78, 5) is 9.77. The van der Waals surface area contributed by atoms with E-state index < -0.39 is 25.5 Å². The van der Waals surface area contributed by atoms with Gasteiger partial charge in [-0.1, -0.05) is 6.92 Å². The Morgan fingerprint density at radius 2 is 2.05 bits per heavy atom. The molecule has 0 saturated heterocycles. The maximum absolute atomic E-state index is 12.4. The zero-order valence-electron chi connectivity index (χ0n) is 11.0. The van der Waals surface area contributed by atoms with Crippen LogP contribution in [0.5, 0.6) is 0 Å². The average Bonchev–Trinajstić information content (AvgIpc) is 2.38. The molecule has 0 unspecified atom stereocenters. The third-order valence-electron chi connectivity index (χ3n) is 2.62. The van der Waals surface area contributed by atoms with Crippen LogP contribution in [0.15, 0.2) is 23.1 Å². The number of aliphatic hydroxyl groups is 1. The molecule has 0 aromatic heterocycles. The van der Waals surface area contributed by atoms with Gasteiger partial charge in [-0.2, -0.15) is 4.31 Å². The molecular formula is C11H17N3O5S. The number of nitrogen functional groups attached to an aromatic ring is 1. The highest BCUT2D eigenvalue weighted by atomic mass is 32.2. The van der Waals surface area contributed by atoms with E-state index in [0.717, 1.165) is 16.4 Å². The van der Waals surface area contributed by atoms with Crippen molar-refractivity contribution in [1.29, 1.82) is 0 Å². The summed E-state index contributed by atoms with van der Waals surface area (Å²) in [6.45, 7) is 1.47. The normalized spacial score (nSPS) is 11.8. The third kappa shape index (κ3) is 3.44. The van der Waals surface area contributed by atoms with E-state index in [4.69, 9.17) is 10.8 Å². The highest BCUT2D eigenvalue weighted by Crippen LogP contribution is 2.28. The van der Waals surface area contributed by atoms with Crippen molar-refractivity contribution >= 4 is 21.4 Å². The van der Waals surface area contributed by atoms with Crippen LogP contribution in [-0.4, -0.2) is 42.4 Å². The summed E-state index contributed by atoms with van der Waals surface area (Å²) in [5.74, 6) is 0. The van der Waals surface area contributed by atoms with Crippen LogP contribution in [-0.2, 0) is 10.0 Å². The van der Waals surface area contributed by atoms with Crippen LogP contribution in [0.3, 0.4) is 0 Å². The number of aliphatic hydroxyl groups excluding tert-OH is 1. The Hall–Kier alpha value is -1.71. The summed E-state index contributed by atoms with van der Waals surface area (Å²) in [5, 5.41) is 19.9. The number of hydrogen-bond donors (Lipinski definition) is 2. The lowest BCUT2D eigenvalue weighted by Gasteiger charge is -2.20. The summed E-state index contributed by atoms with van der Waals surface area (Å²) in [6, 6.07) is 3.42. The van der Waals surface area contributed by atoms with Gasteiger partial charge in [0.2, 0.25) is 10.0 Å². The largest absolute Gasteiger partial charge is 0.399 e. The van der Waals surface area contributed by atoms with E-state index in [1.807, 2.05) is 0 Å². The predicted molar refractivity (Wildman–Crippen MR) is 73.6 cm³/mol. The minimum atomic E-state index is -4.04. The maximum atomic E-state index is 12.4. The molecule has 0 bridgehead atoms. The number of rotatable bonds is 7. The van der Waals surface area contributed by atoms with Gasteiger partial charge in [0.05, 0.1) is 11.5 Å². The molecule has 0 aliphatic rings. The van der Waals surface area contributed by atoms with Crippen molar-refractivity contribution in [3.05, 3.63) is 28.3 Å². The summed E-state index contributed by atoms with van der Waals surface area (Å²) in [5.41, 5.74) is 4.99. The third-order valence-corrected chi connectivity index (χ3v) is 4.57. The predicted octanol–water partition coefficient (Wildman–Crippen LogP) is 0.570. The molecule has 8 nitrogen and oxygen atoms in total. The van der Waals surface area contributed by atoms with Gasteiger partial charge in [0.25, 0.3) is 5.69 Å². The molecule has 112 valence electrons. The Balaban J connectivity index is 3.36. The van der Waals surface area contributed by atoms with Crippen LogP contribution < -0.4 is 5.73 Å². The van der Waals surface area contributed by atoms with E-state index in [1.54, 1.807) is 6.92 Å². The van der Waals surface area contributed by atoms with Crippen molar-refractivity contribution in [3.8, 4) is 0 Å². The summed E-state index contributed by atoms with van der Waals surface area (Å²) < 4.78 is 25.9. The van der Waals surface area contributed by atoms with E-state index in [0.29, 0.717) is 6.42 Å². The van der Waals surface area contributed by atoms with E-state index in [2.05, 4.69) is 0 Å². The van der Waals surface area contributed by atoms with Crippen LogP contribution in [0.1, 0.15) is 13.3 Å².